The van der Waals surface area contributed by atoms with Crippen molar-refractivity contribution < 1.29 is 19.8 Å². The summed E-state index contributed by atoms with van der Waals surface area (Å²) >= 11 is 0. The van der Waals surface area contributed by atoms with Crippen molar-refractivity contribution in [2.75, 3.05) is 19.6 Å². The van der Waals surface area contributed by atoms with Gasteiger partial charge in [0.05, 0.1) is 12.5 Å². The number of hydrogen-bond acceptors (Lipinski definition) is 4. The van der Waals surface area contributed by atoms with E-state index in [1.807, 2.05) is 0 Å². The van der Waals surface area contributed by atoms with Crippen molar-refractivity contribution in [3.63, 3.8) is 0 Å². The van der Waals surface area contributed by atoms with Gasteiger partial charge in [-0.15, -0.1) is 0 Å². The van der Waals surface area contributed by atoms with E-state index in [0.29, 0.717) is 19.5 Å². The first kappa shape index (κ1) is 17.9. The summed E-state index contributed by atoms with van der Waals surface area (Å²) in [4.78, 5) is 26.9. The quantitative estimate of drug-likeness (QED) is 0.858. The predicted octanol–water partition coefficient (Wildman–Crippen LogP) is 1.26. The van der Waals surface area contributed by atoms with Crippen molar-refractivity contribution in [1.29, 1.82) is 0 Å². The molecule has 2 aliphatic rings. The lowest BCUT2D eigenvalue weighted by molar-refractivity contribution is -0.140. The molecule has 2 N–H and O–H groups in total. The molecule has 1 fully saturated rings. The van der Waals surface area contributed by atoms with Gasteiger partial charge in [-0.05, 0) is 30.4 Å². The molecule has 0 aromatic heterocycles. The highest BCUT2D eigenvalue weighted by Crippen LogP contribution is 2.25. The van der Waals surface area contributed by atoms with E-state index < -0.39 is 12.1 Å². The van der Waals surface area contributed by atoms with E-state index in [1.54, 1.807) is 4.90 Å². The maximum atomic E-state index is 12.2. The minimum absolute atomic E-state index is 0.0349. The van der Waals surface area contributed by atoms with Gasteiger partial charge in [0.15, 0.2) is 0 Å². The molecule has 6 heteroatoms. The van der Waals surface area contributed by atoms with Crippen molar-refractivity contribution in [1.82, 2.24) is 9.80 Å². The number of fused-ring (bicyclic) bond motifs is 1. The number of carbonyl (C=O) groups excluding carboxylic acids is 1. The van der Waals surface area contributed by atoms with Crippen LogP contribution < -0.4 is 0 Å². The van der Waals surface area contributed by atoms with Gasteiger partial charge < -0.3 is 15.1 Å². The Balaban J connectivity index is 1.60. The molecule has 0 aliphatic carbocycles. The number of aliphatic carboxylic acids is 1. The summed E-state index contributed by atoms with van der Waals surface area (Å²) in [6.07, 6.45) is 1.70. The van der Waals surface area contributed by atoms with Crippen LogP contribution >= 0.6 is 0 Å². The summed E-state index contributed by atoms with van der Waals surface area (Å²) in [5.74, 6) is -1.08. The van der Waals surface area contributed by atoms with Crippen LogP contribution in [0.25, 0.3) is 0 Å². The second kappa shape index (κ2) is 7.97. The normalized spacial score (nSPS) is 24.4. The molecule has 25 heavy (non-hydrogen) atoms. The van der Waals surface area contributed by atoms with Gasteiger partial charge in [0.1, 0.15) is 0 Å². The molecule has 0 saturated carbocycles. The average Bonchev–Trinajstić information content (AvgIpc) is 2.81. The molecule has 0 spiro atoms. The summed E-state index contributed by atoms with van der Waals surface area (Å²) < 4.78 is 0. The summed E-state index contributed by atoms with van der Waals surface area (Å²) in [5.41, 5.74) is 2.70. The molecule has 0 unspecified atom stereocenters. The molecule has 2 aliphatic heterocycles. The fourth-order valence-electron chi connectivity index (χ4n) is 3.92. The topological polar surface area (TPSA) is 81.1 Å². The van der Waals surface area contributed by atoms with Crippen LogP contribution in [0.15, 0.2) is 24.3 Å². The number of carboxylic acid groups (broad SMARTS) is 1. The molecular weight excluding hydrogens is 320 g/mol. The minimum Gasteiger partial charge on any atom is -0.481 e. The molecule has 3 rings (SSSR count). The van der Waals surface area contributed by atoms with Gasteiger partial charge in [-0.3, -0.25) is 14.5 Å². The number of carbonyl (C=O) groups is 2. The fourth-order valence-corrected chi connectivity index (χ4v) is 3.92. The third kappa shape index (κ3) is 4.38. The minimum atomic E-state index is -0.951. The lowest BCUT2D eigenvalue weighted by Gasteiger charge is -2.37. The van der Waals surface area contributed by atoms with Crippen molar-refractivity contribution in [3.05, 3.63) is 35.4 Å². The third-order valence-electron chi connectivity index (χ3n) is 5.37. The van der Waals surface area contributed by atoms with Crippen molar-refractivity contribution in [2.24, 2.45) is 0 Å². The first-order valence-electron chi connectivity index (χ1n) is 9.03. The molecule has 1 aromatic carbocycles. The second-order valence-corrected chi connectivity index (χ2v) is 6.98. The molecule has 0 bridgehead atoms. The second-order valence-electron chi connectivity index (χ2n) is 6.98. The van der Waals surface area contributed by atoms with Crippen LogP contribution in [-0.2, 0) is 22.6 Å². The zero-order valence-corrected chi connectivity index (χ0v) is 14.4. The smallest absolute Gasteiger partial charge is 0.303 e. The number of likely N-dealkylation sites (tertiary alicyclic amines) is 1. The fraction of sp³-hybridized carbons (Fsp3) is 0.579. The molecule has 6 nitrogen and oxygen atoms in total. The number of hydrogen-bond donors (Lipinski definition) is 2. The number of rotatable bonds is 4. The van der Waals surface area contributed by atoms with E-state index in [9.17, 15) is 14.7 Å². The Morgan fingerprint density at radius 1 is 1.04 bits per heavy atom. The van der Waals surface area contributed by atoms with Gasteiger partial charge in [0, 0.05) is 38.6 Å². The van der Waals surface area contributed by atoms with Gasteiger partial charge in [0.25, 0.3) is 0 Å². The average molecular weight is 346 g/mol. The number of amides is 1. The Morgan fingerprint density at radius 3 is 2.52 bits per heavy atom. The Morgan fingerprint density at radius 2 is 1.76 bits per heavy atom. The highest BCUT2D eigenvalue weighted by Gasteiger charge is 2.32. The summed E-state index contributed by atoms with van der Waals surface area (Å²) in [6, 6.07) is 8.47. The first-order chi connectivity index (χ1) is 12.0. The number of benzene rings is 1. The zero-order chi connectivity index (χ0) is 17.8. The summed E-state index contributed by atoms with van der Waals surface area (Å²) in [7, 11) is 0. The van der Waals surface area contributed by atoms with Crippen LogP contribution in [0.1, 0.15) is 36.8 Å². The highest BCUT2D eigenvalue weighted by atomic mass is 16.4. The maximum absolute atomic E-state index is 12.2. The number of aliphatic hydroxyl groups is 1. The van der Waals surface area contributed by atoms with E-state index in [4.69, 9.17) is 5.11 Å². The van der Waals surface area contributed by atoms with E-state index in [-0.39, 0.29) is 24.8 Å². The van der Waals surface area contributed by atoms with E-state index >= 15 is 0 Å². The Bertz CT molecular complexity index is 634. The van der Waals surface area contributed by atoms with Crippen LogP contribution in [0.5, 0.6) is 0 Å². The molecule has 1 saturated heterocycles. The van der Waals surface area contributed by atoms with E-state index in [1.165, 1.54) is 11.1 Å². The molecule has 0 radical (unpaired) electrons. The van der Waals surface area contributed by atoms with Gasteiger partial charge in [-0.1, -0.05) is 24.3 Å². The van der Waals surface area contributed by atoms with Gasteiger partial charge >= 0.3 is 5.97 Å². The lowest BCUT2D eigenvalue weighted by atomic mass is 9.96. The standard InChI is InChI=1S/C19H26N2O4/c22-17-9-12-20(18(23)5-6-19(24)25)11-8-16(17)21-10-7-14-3-1-2-4-15(14)13-21/h1-4,16-17,22H,5-13H2,(H,24,25)/t16-,17-/m0/s1. The molecule has 2 heterocycles. The van der Waals surface area contributed by atoms with Crippen LogP contribution in [0.3, 0.4) is 0 Å². The number of nitrogens with zero attached hydrogens (tertiary/aromatic N) is 2. The van der Waals surface area contributed by atoms with Crippen LogP contribution in [0, 0.1) is 0 Å². The third-order valence-corrected chi connectivity index (χ3v) is 5.37. The molecule has 1 aromatic rings. The molecule has 2 atom stereocenters. The van der Waals surface area contributed by atoms with Crippen molar-refractivity contribution in [3.8, 4) is 0 Å². The summed E-state index contributed by atoms with van der Waals surface area (Å²) in [5, 5.41) is 19.3. The molecule has 136 valence electrons. The van der Waals surface area contributed by atoms with Gasteiger partial charge in [-0.25, -0.2) is 0 Å². The van der Waals surface area contributed by atoms with E-state index in [0.717, 1.165) is 25.9 Å². The largest absolute Gasteiger partial charge is 0.481 e. The van der Waals surface area contributed by atoms with Crippen LogP contribution in [0.2, 0.25) is 0 Å². The zero-order valence-electron chi connectivity index (χ0n) is 14.4. The van der Waals surface area contributed by atoms with E-state index in [2.05, 4.69) is 29.2 Å². The number of carboxylic acids is 1. The van der Waals surface area contributed by atoms with Crippen LogP contribution in [0.4, 0.5) is 0 Å². The van der Waals surface area contributed by atoms with Gasteiger partial charge in [0.2, 0.25) is 5.91 Å². The summed E-state index contributed by atoms with van der Waals surface area (Å²) in [6.45, 7) is 2.84. The highest BCUT2D eigenvalue weighted by molar-refractivity contribution is 5.80. The van der Waals surface area contributed by atoms with Crippen molar-refractivity contribution >= 4 is 11.9 Å². The molecular formula is C19H26N2O4. The van der Waals surface area contributed by atoms with Crippen LogP contribution in [-0.4, -0.2) is 63.7 Å². The van der Waals surface area contributed by atoms with Gasteiger partial charge in [-0.2, -0.15) is 0 Å². The monoisotopic (exact) mass is 346 g/mol. The number of aliphatic hydroxyl groups excluding tert-OH is 1. The Kier molecular flexibility index (Phi) is 5.71. The Hall–Kier alpha value is -1.92. The predicted molar refractivity (Wildman–Crippen MR) is 93.0 cm³/mol. The first-order valence-corrected chi connectivity index (χ1v) is 9.03. The SMILES string of the molecule is O=C(O)CCC(=O)N1CC[C@H](O)[C@@H](N2CCc3ccccc3C2)CC1. The Labute approximate surface area is 148 Å². The maximum Gasteiger partial charge on any atom is 0.303 e. The lowest BCUT2D eigenvalue weighted by Crippen LogP contribution is -2.46. The van der Waals surface area contributed by atoms with Crippen molar-refractivity contribution in [2.45, 2.75) is 50.8 Å². The molecule has 1 amide bonds.